The van der Waals surface area contributed by atoms with E-state index >= 15 is 0 Å². The lowest BCUT2D eigenvalue weighted by atomic mass is 9.93. The molecule has 11 heavy (non-hydrogen) atoms. The Morgan fingerprint density at radius 3 is 2.09 bits per heavy atom. The van der Waals surface area contributed by atoms with Crippen LogP contribution < -0.4 is 5.73 Å². The maximum Gasteiger partial charge on any atom is 0.255 e. The third-order valence-corrected chi connectivity index (χ3v) is 1.76. The van der Waals surface area contributed by atoms with Crippen molar-refractivity contribution in [3.8, 4) is 0 Å². The van der Waals surface area contributed by atoms with Crippen LogP contribution >= 0.6 is 0 Å². The zero-order valence-corrected chi connectivity index (χ0v) is 7.40. The number of halogens is 2. The van der Waals surface area contributed by atoms with E-state index in [-0.39, 0.29) is 0 Å². The molecule has 0 saturated heterocycles. The molecule has 0 fully saturated rings. The second-order valence-electron chi connectivity index (χ2n) is 3.74. The van der Waals surface area contributed by atoms with Crippen LogP contribution in [0.4, 0.5) is 8.78 Å². The van der Waals surface area contributed by atoms with Crippen molar-refractivity contribution in [2.45, 2.75) is 45.6 Å². The Morgan fingerprint density at radius 2 is 1.82 bits per heavy atom. The number of hydrogen-bond acceptors (Lipinski definition) is 1. The maximum atomic E-state index is 12.1. The average molecular weight is 165 g/mol. The smallest absolute Gasteiger partial charge is 0.255 e. The van der Waals surface area contributed by atoms with Crippen LogP contribution in [0.3, 0.4) is 0 Å². The zero-order chi connectivity index (χ0) is 9.07. The molecule has 0 aromatic carbocycles. The molecule has 0 rings (SSSR count). The summed E-state index contributed by atoms with van der Waals surface area (Å²) in [4.78, 5) is 0. The molecule has 2 N–H and O–H groups in total. The van der Waals surface area contributed by atoms with Crippen LogP contribution in [0.5, 0.6) is 0 Å². The molecule has 0 saturated carbocycles. The van der Waals surface area contributed by atoms with Gasteiger partial charge in [-0.25, -0.2) is 8.78 Å². The highest BCUT2D eigenvalue weighted by Crippen LogP contribution is 2.20. The summed E-state index contributed by atoms with van der Waals surface area (Å²) in [7, 11) is 0. The van der Waals surface area contributed by atoms with Crippen LogP contribution in [0.25, 0.3) is 0 Å². The van der Waals surface area contributed by atoms with Gasteiger partial charge in [0, 0.05) is 0 Å². The van der Waals surface area contributed by atoms with Gasteiger partial charge in [-0.3, -0.25) is 0 Å². The number of nitrogens with two attached hydrogens (primary N) is 1. The van der Waals surface area contributed by atoms with E-state index in [0.717, 1.165) is 6.42 Å². The molecule has 0 bridgehead atoms. The van der Waals surface area contributed by atoms with Crippen molar-refractivity contribution in [2.75, 3.05) is 0 Å². The fraction of sp³-hybridized carbons (Fsp3) is 1.00. The van der Waals surface area contributed by atoms with E-state index in [9.17, 15) is 8.78 Å². The molecule has 0 amide bonds. The summed E-state index contributed by atoms with van der Waals surface area (Å²) >= 11 is 0. The lowest BCUT2D eigenvalue weighted by Gasteiger charge is -2.24. The highest BCUT2D eigenvalue weighted by molar-refractivity contribution is 4.81. The summed E-state index contributed by atoms with van der Waals surface area (Å²) in [5.41, 5.74) is 4.06. The van der Waals surface area contributed by atoms with Gasteiger partial charge in [0.05, 0.1) is 5.54 Å². The SMILES string of the molecule is CC(C)CCC(C)(N)C(F)F. The van der Waals surface area contributed by atoms with Gasteiger partial charge in [0.1, 0.15) is 0 Å². The first kappa shape index (κ1) is 10.8. The molecule has 0 aromatic heterocycles. The normalized spacial score (nSPS) is 17.5. The highest BCUT2D eigenvalue weighted by Gasteiger charge is 2.29. The van der Waals surface area contributed by atoms with Crippen LogP contribution in [0.15, 0.2) is 0 Å². The Morgan fingerprint density at radius 1 is 1.36 bits per heavy atom. The Labute approximate surface area is 67.0 Å². The molecule has 1 unspecified atom stereocenters. The van der Waals surface area contributed by atoms with E-state index < -0.39 is 12.0 Å². The van der Waals surface area contributed by atoms with Crippen molar-refractivity contribution in [1.29, 1.82) is 0 Å². The quantitative estimate of drug-likeness (QED) is 0.680. The van der Waals surface area contributed by atoms with E-state index in [4.69, 9.17) is 5.73 Å². The van der Waals surface area contributed by atoms with Gasteiger partial charge in [-0.05, 0) is 25.7 Å². The van der Waals surface area contributed by atoms with Crippen LogP contribution in [-0.4, -0.2) is 12.0 Å². The fourth-order valence-corrected chi connectivity index (χ4v) is 0.709. The third kappa shape index (κ3) is 4.30. The monoisotopic (exact) mass is 165 g/mol. The van der Waals surface area contributed by atoms with E-state index in [2.05, 4.69) is 0 Å². The molecule has 1 nitrogen and oxygen atoms in total. The Kier molecular flexibility index (Phi) is 3.93. The van der Waals surface area contributed by atoms with Crippen molar-refractivity contribution in [3.05, 3.63) is 0 Å². The standard InChI is InChI=1S/C8H17F2N/c1-6(2)4-5-8(3,11)7(9)10/h6-7H,4-5,11H2,1-3H3. The highest BCUT2D eigenvalue weighted by atomic mass is 19.3. The van der Waals surface area contributed by atoms with Gasteiger partial charge >= 0.3 is 0 Å². The first-order valence-electron chi connectivity index (χ1n) is 3.93. The summed E-state index contributed by atoms with van der Waals surface area (Å²) in [6.07, 6.45) is -1.26. The molecular weight excluding hydrogens is 148 g/mol. The fourth-order valence-electron chi connectivity index (χ4n) is 0.709. The van der Waals surface area contributed by atoms with Crippen molar-refractivity contribution in [2.24, 2.45) is 11.7 Å². The third-order valence-electron chi connectivity index (χ3n) is 1.76. The lowest BCUT2D eigenvalue weighted by Crippen LogP contribution is -2.43. The van der Waals surface area contributed by atoms with Crippen LogP contribution in [0.1, 0.15) is 33.6 Å². The average Bonchev–Trinajstić information content (AvgIpc) is 1.84. The summed E-state index contributed by atoms with van der Waals surface area (Å²) in [5.74, 6) is 0.441. The molecule has 0 radical (unpaired) electrons. The summed E-state index contributed by atoms with van der Waals surface area (Å²) < 4.78 is 24.3. The minimum absolute atomic E-state index is 0.391. The second kappa shape index (κ2) is 4.00. The van der Waals surface area contributed by atoms with Gasteiger partial charge in [0.15, 0.2) is 0 Å². The Hall–Kier alpha value is -0.180. The van der Waals surface area contributed by atoms with Crippen LogP contribution in [0, 0.1) is 5.92 Å². The zero-order valence-electron chi connectivity index (χ0n) is 7.40. The predicted octanol–water partition coefficient (Wildman–Crippen LogP) is 2.41. The van der Waals surface area contributed by atoms with E-state index in [1.165, 1.54) is 6.92 Å². The van der Waals surface area contributed by atoms with E-state index in [0.29, 0.717) is 12.3 Å². The summed E-state index contributed by atoms with van der Waals surface area (Å²) in [6, 6.07) is 0. The van der Waals surface area contributed by atoms with Crippen molar-refractivity contribution in [1.82, 2.24) is 0 Å². The molecule has 0 aromatic rings. The first-order chi connectivity index (χ1) is 4.86. The van der Waals surface area contributed by atoms with Crippen molar-refractivity contribution in [3.63, 3.8) is 0 Å². The molecule has 0 aliphatic heterocycles. The Bertz CT molecular complexity index is 111. The minimum atomic E-state index is -2.42. The molecule has 1 atom stereocenters. The van der Waals surface area contributed by atoms with Gasteiger partial charge in [0.2, 0.25) is 0 Å². The first-order valence-corrected chi connectivity index (χ1v) is 3.93. The van der Waals surface area contributed by atoms with Gasteiger partial charge in [-0.1, -0.05) is 13.8 Å². The number of alkyl halides is 2. The number of hydrogen-bond donors (Lipinski definition) is 1. The number of rotatable bonds is 4. The van der Waals surface area contributed by atoms with E-state index in [1.807, 2.05) is 13.8 Å². The van der Waals surface area contributed by atoms with Crippen molar-refractivity contribution < 1.29 is 8.78 Å². The molecule has 0 aliphatic carbocycles. The molecular formula is C8H17F2N. The molecule has 0 heterocycles. The lowest BCUT2D eigenvalue weighted by molar-refractivity contribution is 0.0559. The molecule has 68 valence electrons. The van der Waals surface area contributed by atoms with Gasteiger partial charge < -0.3 is 5.73 Å². The van der Waals surface area contributed by atoms with Gasteiger partial charge in [-0.2, -0.15) is 0 Å². The summed E-state index contributed by atoms with van der Waals surface area (Å²) in [5, 5.41) is 0. The largest absolute Gasteiger partial charge is 0.321 e. The van der Waals surface area contributed by atoms with Crippen molar-refractivity contribution >= 4 is 0 Å². The van der Waals surface area contributed by atoms with Gasteiger partial charge in [-0.15, -0.1) is 0 Å². The molecule has 3 heteroatoms. The predicted molar refractivity (Wildman–Crippen MR) is 42.7 cm³/mol. The topological polar surface area (TPSA) is 26.0 Å². The van der Waals surface area contributed by atoms with Gasteiger partial charge in [0.25, 0.3) is 6.43 Å². The Balaban J connectivity index is 3.73. The van der Waals surface area contributed by atoms with E-state index in [1.54, 1.807) is 0 Å². The van der Waals surface area contributed by atoms with Crippen LogP contribution in [0.2, 0.25) is 0 Å². The summed E-state index contributed by atoms with van der Waals surface area (Å²) in [6.45, 7) is 5.41. The second-order valence-corrected chi connectivity index (χ2v) is 3.74. The maximum absolute atomic E-state index is 12.1. The molecule has 0 spiro atoms. The van der Waals surface area contributed by atoms with Crippen LogP contribution in [-0.2, 0) is 0 Å². The molecule has 0 aliphatic rings. The minimum Gasteiger partial charge on any atom is -0.321 e.